The zero-order valence-corrected chi connectivity index (χ0v) is 11.1. The molecule has 0 radical (unpaired) electrons. The molecule has 2 aromatic rings. The monoisotopic (exact) mass is 272 g/mol. The van der Waals surface area contributed by atoms with Crippen LogP contribution in [0.15, 0.2) is 48.7 Å². The molecule has 0 saturated heterocycles. The number of carbonyl (C=O) groups is 2. The van der Waals surface area contributed by atoms with Gasteiger partial charge in [0.2, 0.25) is 0 Å². The number of nitrogens with zero attached hydrogens (tertiary/aromatic N) is 1. The summed E-state index contributed by atoms with van der Waals surface area (Å²) in [7, 11) is 0. The lowest BCUT2D eigenvalue weighted by Crippen LogP contribution is -2.29. The quantitative estimate of drug-likeness (QED) is 0.875. The Kier molecular flexibility index (Phi) is 4.20. The standard InChI is InChI=1S/C15H16N2O3/c1-11(12-6-3-2-4-7-12)16-15(20)13-8-5-9-17(13)10-14(18)19/h2-9,11H,10H2,1H3,(H,16,20)(H,18,19). The van der Waals surface area contributed by atoms with Crippen LogP contribution in [0.1, 0.15) is 29.0 Å². The molecule has 1 atom stereocenters. The van der Waals surface area contributed by atoms with Crippen molar-refractivity contribution in [2.24, 2.45) is 0 Å². The largest absolute Gasteiger partial charge is 0.480 e. The van der Waals surface area contributed by atoms with Crippen molar-refractivity contribution in [3.05, 3.63) is 59.9 Å². The average molecular weight is 272 g/mol. The van der Waals surface area contributed by atoms with Crippen LogP contribution in [-0.4, -0.2) is 21.6 Å². The third-order valence-electron chi connectivity index (χ3n) is 3.01. The first kappa shape index (κ1) is 13.9. The second kappa shape index (κ2) is 6.06. The van der Waals surface area contributed by atoms with E-state index in [-0.39, 0.29) is 18.5 Å². The molecule has 5 heteroatoms. The predicted octanol–water partition coefficient (Wildman–Crippen LogP) is 2.06. The van der Waals surface area contributed by atoms with Crippen LogP contribution >= 0.6 is 0 Å². The minimum absolute atomic E-state index is 0.142. The summed E-state index contributed by atoms with van der Waals surface area (Å²) in [5.41, 5.74) is 1.34. The lowest BCUT2D eigenvalue weighted by Gasteiger charge is -2.15. The summed E-state index contributed by atoms with van der Waals surface area (Å²) in [6.45, 7) is 1.66. The molecule has 1 aromatic heterocycles. The Labute approximate surface area is 116 Å². The van der Waals surface area contributed by atoms with Crippen LogP contribution in [0.3, 0.4) is 0 Å². The Morgan fingerprint density at radius 2 is 1.90 bits per heavy atom. The highest BCUT2D eigenvalue weighted by molar-refractivity contribution is 5.93. The van der Waals surface area contributed by atoms with Crippen molar-refractivity contribution in [1.29, 1.82) is 0 Å². The van der Waals surface area contributed by atoms with Gasteiger partial charge in [0, 0.05) is 6.20 Å². The molecule has 0 spiro atoms. The number of rotatable bonds is 5. The van der Waals surface area contributed by atoms with Gasteiger partial charge in [-0.1, -0.05) is 30.3 Å². The highest BCUT2D eigenvalue weighted by atomic mass is 16.4. The van der Waals surface area contributed by atoms with Gasteiger partial charge < -0.3 is 15.0 Å². The van der Waals surface area contributed by atoms with E-state index >= 15 is 0 Å². The molecule has 1 unspecified atom stereocenters. The van der Waals surface area contributed by atoms with Crippen LogP contribution in [0.4, 0.5) is 0 Å². The number of carbonyl (C=O) groups excluding carboxylic acids is 1. The first-order chi connectivity index (χ1) is 9.58. The molecule has 0 aliphatic heterocycles. The maximum absolute atomic E-state index is 12.2. The topological polar surface area (TPSA) is 71.3 Å². The van der Waals surface area contributed by atoms with E-state index in [1.807, 2.05) is 37.3 Å². The summed E-state index contributed by atoms with van der Waals surface area (Å²) >= 11 is 0. The van der Waals surface area contributed by atoms with Crippen molar-refractivity contribution < 1.29 is 14.7 Å². The molecule has 5 nitrogen and oxygen atoms in total. The van der Waals surface area contributed by atoms with Crippen LogP contribution in [-0.2, 0) is 11.3 Å². The van der Waals surface area contributed by atoms with Crippen LogP contribution in [0.25, 0.3) is 0 Å². The maximum Gasteiger partial charge on any atom is 0.323 e. The first-order valence-electron chi connectivity index (χ1n) is 6.30. The molecule has 2 N–H and O–H groups in total. The Hall–Kier alpha value is -2.56. The lowest BCUT2D eigenvalue weighted by atomic mass is 10.1. The molecule has 1 aromatic carbocycles. The van der Waals surface area contributed by atoms with Gasteiger partial charge >= 0.3 is 5.97 Å². The van der Waals surface area contributed by atoms with Crippen molar-refractivity contribution in [3.8, 4) is 0 Å². The lowest BCUT2D eigenvalue weighted by molar-refractivity contribution is -0.137. The fourth-order valence-electron chi connectivity index (χ4n) is 2.00. The molecule has 0 bridgehead atoms. The van der Waals surface area contributed by atoms with Crippen LogP contribution < -0.4 is 5.32 Å². The van der Waals surface area contributed by atoms with Gasteiger partial charge in [-0.2, -0.15) is 0 Å². The van der Waals surface area contributed by atoms with Gasteiger partial charge in [-0.25, -0.2) is 0 Å². The number of aliphatic carboxylic acids is 1. The second-order valence-corrected chi connectivity index (χ2v) is 4.52. The zero-order valence-electron chi connectivity index (χ0n) is 11.1. The Morgan fingerprint density at radius 1 is 1.20 bits per heavy atom. The number of hydrogen-bond acceptors (Lipinski definition) is 2. The number of carboxylic acid groups (broad SMARTS) is 1. The average Bonchev–Trinajstić information content (AvgIpc) is 2.87. The molecule has 0 aliphatic rings. The van der Waals surface area contributed by atoms with Gasteiger partial charge in [0.15, 0.2) is 0 Å². The molecule has 0 fully saturated rings. The zero-order chi connectivity index (χ0) is 14.5. The third-order valence-corrected chi connectivity index (χ3v) is 3.01. The first-order valence-corrected chi connectivity index (χ1v) is 6.30. The van der Waals surface area contributed by atoms with E-state index in [1.165, 1.54) is 4.57 Å². The molecular formula is C15H16N2O3. The summed E-state index contributed by atoms with van der Waals surface area (Å²) in [5, 5.41) is 11.7. The van der Waals surface area contributed by atoms with E-state index in [0.717, 1.165) is 5.56 Å². The molecule has 1 heterocycles. The smallest absolute Gasteiger partial charge is 0.323 e. The van der Waals surface area contributed by atoms with E-state index < -0.39 is 5.97 Å². The van der Waals surface area contributed by atoms with E-state index in [1.54, 1.807) is 18.3 Å². The summed E-state index contributed by atoms with van der Waals surface area (Å²) in [6.07, 6.45) is 1.58. The SMILES string of the molecule is CC(NC(=O)c1cccn1CC(=O)O)c1ccccc1. The number of benzene rings is 1. The van der Waals surface area contributed by atoms with Crippen LogP contribution in [0.5, 0.6) is 0 Å². The number of hydrogen-bond donors (Lipinski definition) is 2. The fourth-order valence-corrected chi connectivity index (χ4v) is 2.00. The van der Waals surface area contributed by atoms with Gasteiger partial charge in [-0.3, -0.25) is 9.59 Å². The molecule has 1 amide bonds. The number of aromatic nitrogens is 1. The number of amides is 1. The van der Waals surface area contributed by atoms with Crippen LogP contribution in [0.2, 0.25) is 0 Å². The van der Waals surface area contributed by atoms with Gasteiger partial charge in [0.25, 0.3) is 5.91 Å². The molecule has 2 rings (SSSR count). The predicted molar refractivity (Wildman–Crippen MR) is 74.4 cm³/mol. The molecular weight excluding hydrogens is 256 g/mol. The van der Waals surface area contributed by atoms with Crippen molar-refractivity contribution in [1.82, 2.24) is 9.88 Å². The molecule has 104 valence electrons. The Bertz CT molecular complexity index is 605. The van der Waals surface area contributed by atoms with Crippen molar-refractivity contribution in [3.63, 3.8) is 0 Å². The van der Waals surface area contributed by atoms with E-state index in [2.05, 4.69) is 5.32 Å². The summed E-state index contributed by atoms with van der Waals surface area (Å²) in [6, 6.07) is 12.7. The van der Waals surface area contributed by atoms with E-state index in [9.17, 15) is 9.59 Å². The Morgan fingerprint density at radius 3 is 2.55 bits per heavy atom. The van der Waals surface area contributed by atoms with Crippen molar-refractivity contribution in [2.75, 3.05) is 0 Å². The van der Waals surface area contributed by atoms with E-state index in [4.69, 9.17) is 5.11 Å². The fraction of sp³-hybridized carbons (Fsp3) is 0.200. The van der Waals surface area contributed by atoms with Gasteiger partial charge in [0.1, 0.15) is 12.2 Å². The molecule has 20 heavy (non-hydrogen) atoms. The van der Waals surface area contributed by atoms with Gasteiger partial charge in [0.05, 0.1) is 6.04 Å². The van der Waals surface area contributed by atoms with Crippen molar-refractivity contribution in [2.45, 2.75) is 19.5 Å². The maximum atomic E-state index is 12.2. The summed E-state index contributed by atoms with van der Waals surface area (Å²) in [5.74, 6) is -1.26. The van der Waals surface area contributed by atoms with Crippen molar-refractivity contribution >= 4 is 11.9 Å². The molecule has 0 saturated carbocycles. The third kappa shape index (κ3) is 3.26. The van der Waals surface area contributed by atoms with Gasteiger partial charge in [-0.15, -0.1) is 0 Å². The number of carboxylic acids is 1. The molecule has 0 aliphatic carbocycles. The van der Waals surface area contributed by atoms with E-state index in [0.29, 0.717) is 5.69 Å². The summed E-state index contributed by atoms with van der Waals surface area (Å²) in [4.78, 5) is 22.9. The van der Waals surface area contributed by atoms with Crippen LogP contribution in [0, 0.1) is 0 Å². The minimum atomic E-state index is -0.980. The Balaban J connectivity index is 2.09. The summed E-state index contributed by atoms with van der Waals surface area (Å²) < 4.78 is 1.41. The highest BCUT2D eigenvalue weighted by Gasteiger charge is 2.15. The minimum Gasteiger partial charge on any atom is -0.480 e. The van der Waals surface area contributed by atoms with Gasteiger partial charge in [-0.05, 0) is 24.6 Å². The number of nitrogens with one attached hydrogen (secondary N) is 1. The highest BCUT2D eigenvalue weighted by Crippen LogP contribution is 2.12. The normalized spacial score (nSPS) is 11.8. The second-order valence-electron chi connectivity index (χ2n) is 4.52.